The number of ether oxygens (including phenoxy) is 2. The normalized spacial score (nSPS) is 17.5. The topological polar surface area (TPSA) is 74.6 Å². The first kappa shape index (κ1) is 20.5. The summed E-state index contributed by atoms with van der Waals surface area (Å²) in [6.07, 6.45) is 3.77. The molecule has 1 aromatic heterocycles. The highest BCUT2D eigenvalue weighted by Gasteiger charge is 2.22. The Balaban J connectivity index is 1.68. The molecule has 28 heavy (non-hydrogen) atoms. The third-order valence-electron chi connectivity index (χ3n) is 5.04. The van der Waals surface area contributed by atoms with Crippen LogP contribution in [0.3, 0.4) is 0 Å². The molecule has 2 aromatic rings. The minimum absolute atomic E-state index is 0.178. The van der Waals surface area contributed by atoms with Gasteiger partial charge in [-0.1, -0.05) is 12.1 Å². The number of aryl methyl sites for hydroxylation is 1. The van der Waals surface area contributed by atoms with Gasteiger partial charge >= 0.3 is 5.97 Å². The van der Waals surface area contributed by atoms with Crippen molar-refractivity contribution in [1.82, 2.24) is 4.57 Å². The number of benzene rings is 1. The maximum Gasteiger partial charge on any atom is 0.339 e. The van der Waals surface area contributed by atoms with Gasteiger partial charge in [0.25, 0.3) is 0 Å². The van der Waals surface area contributed by atoms with Crippen molar-refractivity contribution in [3.63, 3.8) is 0 Å². The average Bonchev–Trinajstić information content (AvgIpc) is 3.29. The predicted molar refractivity (Wildman–Crippen MR) is 106 cm³/mol. The van der Waals surface area contributed by atoms with Gasteiger partial charge in [0.05, 0.1) is 27.4 Å². The lowest BCUT2D eigenvalue weighted by molar-refractivity contribution is 0.0471. The van der Waals surface area contributed by atoms with Crippen LogP contribution >= 0.6 is 0 Å². The summed E-state index contributed by atoms with van der Waals surface area (Å²) in [5, 5.41) is 0. The number of carbonyl (C=O) groups is 2. The van der Waals surface area contributed by atoms with E-state index in [9.17, 15) is 13.8 Å². The van der Waals surface area contributed by atoms with Crippen molar-refractivity contribution in [2.45, 2.75) is 44.2 Å². The molecule has 0 amide bonds. The highest BCUT2D eigenvalue weighted by atomic mass is 32.2. The molecule has 3 rings (SSSR count). The number of rotatable bonds is 7. The summed E-state index contributed by atoms with van der Waals surface area (Å²) in [6, 6.07) is 8.38. The van der Waals surface area contributed by atoms with Gasteiger partial charge in [0.2, 0.25) is 5.78 Å². The molecule has 0 bridgehead atoms. The summed E-state index contributed by atoms with van der Waals surface area (Å²) >= 11 is 0. The molecule has 0 aliphatic carbocycles. The van der Waals surface area contributed by atoms with Crippen molar-refractivity contribution < 1.29 is 23.3 Å². The van der Waals surface area contributed by atoms with Crippen molar-refractivity contribution in [3.05, 3.63) is 52.8 Å². The van der Waals surface area contributed by atoms with Crippen LogP contribution in [0.15, 0.2) is 35.2 Å². The van der Waals surface area contributed by atoms with Gasteiger partial charge in [-0.25, -0.2) is 4.79 Å². The molecular formula is C21H25NO5S. The summed E-state index contributed by atoms with van der Waals surface area (Å²) in [5.74, 6) is -0.901. The maximum atomic E-state index is 12.6. The van der Waals surface area contributed by atoms with E-state index >= 15 is 0 Å². The minimum Gasteiger partial charge on any atom is -0.454 e. The highest BCUT2D eigenvalue weighted by Crippen LogP contribution is 2.21. The number of nitrogens with zero attached hydrogens (tertiary/aromatic N) is 1. The zero-order chi connectivity index (χ0) is 20.3. The van der Waals surface area contributed by atoms with Gasteiger partial charge in [-0.2, -0.15) is 0 Å². The standard InChI is InChI=1S/C21H25NO5S/c1-14-11-18(15(2)22(14)12-16-7-6-10-26-16)19(23)13-27-21(24)17-8-4-5-9-20(17)28(3)25/h4-5,8-9,11,16H,6-7,10,12-13H2,1-3H3/t16-,28-/m1/s1. The smallest absolute Gasteiger partial charge is 0.339 e. The number of hydrogen-bond donors (Lipinski definition) is 0. The Bertz CT molecular complexity index is 912. The van der Waals surface area contributed by atoms with E-state index in [1.165, 1.54) is 6.26 Å². The summed E-state index contributed by atoms with van der Waals surface area (Å²) in [7, 11) is -1.32. The Morgan fingerprint density at radius 3 is 2.68 bits per heavy atom. The first-order valence-corrected chi connectivity index (χ1v) is 10.9. The third kappa shape index (κ3) is 4.42. The molecule has 0 saturated carbocycles. The van der Waals surface area contributed by atoms with Gasteiger partial charge in [-0.15, -0.1) is 0 Å². The second-order valence-corrected chi connectivity index (χ2v) is 8.33. The fraction of sp³-hybridized carbons (Fsp3) is 0.429. The van der Waals surface area contributed by atoms with Gasteiger partial charge in [0.15, 0.2) is 6.61 Å². The Labute approximate surface area is 167 Å². The molecule has 1 saturated heterocycles. The molecule has 0 N–H and O–H groups in total. The monoisotopic (exact) mass is 403 g/mol. The van der Waals surface area contributed by atoms with Crippen molar-refractivity contribution in [1.29, 1.82) is 0 Å². The second-order valence-electron chi connectivity index (χ2n) is 6.98. The number of hydrogen-bond acceptors (Lipinski definition) is 5. The molecule has 1 aliphatic rings. The van der Waals surface area contributed by atoms with Crippen LogP contribution < -0.4 is 0 Å². The number of Topliss-reactive ketones (excluding diaryl/α,β-unsaturated/α-hetero) is 1. The first-order chi connectivity index (χ1) is 13.4. The number of esters is 1. The summed E-state index contributed by atoms with van der Waals surface area (Å²) in [4.78, 5) is 25.4. The third-order valence-corrected chi connectivity index (χ3v) is 6.01. The lowest BCUT2D eigenvalue weighted by Gasteiger charge is -2.14. The fourth-order valence-electron chi connectivity index (χ4n) is 3.53. The van der Waals surface area contributed by atoms with Crippen molar-refractivity contribution in [3.8, 4) is 0 Å². The van der Waals surface area contributed by atoms with E-state index in [2.05, 4.69) is 4.57 Å². The van der Waals surface area contributed by atoms with Crippen LogP contribution in [0.2, 0.25) is 0 Å². The van der Waals surface area contributed by atoms with Gasteiger partial charge < -0.3 is 14.0 Å². The van der Waals surface area contributed by atoms with Gasteiger partial charge in [0.1, 0.15) is 0 Å². The van der Waals surface area contributed by atoms with Crippen LogP contribution in [0.4, 0.5) is 0 Å². The Hall–Kier alpha value is -2.25. The molecular weight excluding hydrogens is 378 g/mol. The molecule has 0 radical (unpaired) electrons. The summed E-state index contributed by atoms with van der Waals surface area (Å²) < 4.78 is 24.8. The zero-order valence-corrected chi connectivity index (χ0v) is 17.2. The van der Waals surface area contributed by atoms with Crippen molar-refractivity contribution >= 4 is 22.6 Å². The van der Waals surface area contributed by atoms with E-state index in [0.29, 0.717) is 10.5 Å². The van der Waals surface area contributed by atoms with Crippen LogP contribution in [-0.4, -0.2) is 46.1 Å². The molecule has 1 fully saturated rings. The van der Waals surface area contributed by atoms with Gasteiger partial charge in [-0.3, -0.25) is 9.00 Å². The molecule has 0 unspecified atom stereocenters. The van der Waals surface area contributed by atoms with Crippen molar-refractivity contribution in [2.24, 2.45) is 0 Å². The number of ketones is 1. The SMILES string of the molecule is Cc1cc(C(=O)COC(=O)c2ccccc2[S@@](C)=O)c(C)n1C[C@H]1CCCO1. The lowest BCUT2D eigenvalue weighted by atomic mass is 10.1. The number of carbonyl (C=O) groups excluding carboxylic acids is 2. The molecule has 1 aromatic carbocycles. The highest BCUT2D eigenvalue weighted by molar-refractivity contribution is 7.84. The minimum atomic E-state index is -1.32. The molecule has 0 spiro atoms. The molecule has 150 valence electrons. The summed E-state index contributed by atoms with van der Waals surface area (Å²) in [5.41, 5.74) is 2.61. The largest absolute Gasteiger partial charge is 0.454 e. The van der Waals surface area contributed by atoms with Crippen LogP contribution in [0.5, 0.6) is 0 Å². The van der Waals surface area contributed by atoms with E-state index in [-0.39, 0.29) is 24.1 Å². The maximum absolute atomic E-state index is 12.6. The van der Waals surface area contributed by atoms with E-state index in [0.717, 1.165) is 37.4 Å². The second kappa shape index (κ2) is 8.84. The van der Waals surface area contributed by atoms with Crippen LogP contribution in [0, 0.1) is 13.8 Å². The predicted octanol–water partition coefficient (Wildman–Crippen LogP) is 3.06. The quantitative estimate of drug-likeness (QED) is 0.525. The van der Waals surface area contributed by atoms with E-state index in [1.54, 1.807) is 24.3 Å². The molecule has 2 atom stereocenters. The van der Waals surface area contributed by atoms with Crippen LogP contribution in [-0.2, 0) is 26.8 Å². The van der Waals surface area contributed by atoms with E-state index < -0.39 is 16.8 Å². The average molecular weight is 404 g/mol. The fourth-order valence-corrected chi connectivity index (χ4v) is 4.26. The number of aromatic nitrogens is 1. The van der Waals surface area contributed by atoms with E-state index in [1.807, 2.05) is 19.9 Å². The zero-order valence-electron chi connectivity index (χ0n) is 16.4. The molecule has 7 heteroatoms. The Morgan fingerprint density at radius 2 is 2.00 bits per heavy atom. The molecule has 6 nitrogen and oxygen atoms in total. The van der Waals surface area contributed by atoms with Gasteiger partial charge in [0, 0.05) is 36.4 Å². The van der Waals surface area contributed by atoms with Gasteiger partial charge in [-0.05, 0) is 44.9 Å². The first-order valence-electron chi connectivity index (χ1n) is 9.29. The lowest BCUT2D eigenvalue weighted by Crippen LogP contribution is -2.18. The Kier molecular flexibility index (Phi) is 6.46. The molecule has 1 aliphatic heterocycles. The van der Waals surface area contributed by atoms with Crippen molar-refractivity contribution in [2.75, 3.05) is 19.5 Å². The van der Waals surface area contributed by atoms with Crippen LogP contribution in [0.25, 0.3) is 0 Å². The van der Waals surface area contributed by atoms with E-state index in [4.69, 9.17) is 9.47 Å². The molecule has 2 heterocycles. The Morgan fingerprint density at radius 1 is 1.25 bits per heavy atom. The summed E-state index contributed by atoms with van der Waals surface area (Å²) in [6.45, 7) is 5.01. The van der Waals surface area contributed by atoms with Crippen LogP contribution in [0.1, 0.15) is 44.9 Å².